The van der Waals surface area contributed by atoms with Gasteiger partial charge in [-0.2, -0.15) is 0 Å². The fourth-order valence-corrected chi connectivity index (χ4v) is 4.36. The van der Waals surface area contributed by atoms with Gasteiger partial charge in [-0.05, 0) is 66.7 Å². The Labute approximate surface area is 196 Å². The first kappa shape index (κ1) is 21.0. The number of halogens is 3. The molecule has 3 aromatic carbocycles. The smallest absolute Gasteiger partial charge is 0.283 e. The molecule has 0 spiro atoms. The SMILES string of the molecule is O=C1C(Nc2ccc(Br)cc2)=C(Sc2ccc(Cl)cc2)C(=O)N1c1cccc(Cl)c1. The number of hydrogen-bond acceptors (Lipinski definition) is 4. The van der Waals surface area contributed by atoms with E-state index in [1.165, 1.54) is 11.8 Å². The topological polar surface area (TPSA) is 49.4 Å². The van der Waals surface area contributed by atoms with Crippen molar-refractivity contribution in [2.45, 2.75) is 4.90 Å². The third-order valence-corrected chi connectivity index (χ3v) is 6.36. The molecule has 4 nitrogen and oxygen atoms in total. The Morgan fingerprint density at radius 2 is 1.53 bits per heavy atom. The summed E-state index contributed by atoms with van der Waals surface area (Å²) in [4.78, 5) is 28.7. The van der Waals surface area contributed by atoms with Crippen molar-refractivity contribution in [3.05, 3.63) is 97.9 Å². The lowest BCUT2D eigenvalue weighted by Crippen LogP contribution is -2.32. The van der Waals surface area contributed by atoms with Crippen LogP contribution < -0.4 is 10.2 Å². The van der Waals surface area contributed by atoms with Crippen LogP contribution in [0.2, 0.25) is 10.0 Å². The minimum absolute atomic E-state index is 0.210. The monoisotopic (exact) mass is 518 g/mol. The molecule has 0 aliphatic carbocycles. The summed E-state index contributed by atoms with van der Waals surface area (Å²) in [5, 5.41) is 4.14. The molecule has 1 aliphatic heterocycles. The number of carbonyl (C=O) groups is 2. The Balaban J connectivity index is 1.74. The summed E-state index contributed by atoms with van der Waals surface area (Å²) in [6, 6.07) is 21.1. The highest BCUT2D eigenvalue weighted by molar-refractivity contribution is 9.10. The quantitative estimate of drug-likeness (QED) is 0.379. The number of anilines is 2. The van der Waals surface area contributed by atoms with E-state index in [1.54, 1.807) is 48.5 Å². The van der Waals surface area contributed by atoms with Crippen LogP contribution in [0, 0.1) is 0 Å². The van der Waals surface area contributed by atoms with Gasteiger partial charge in [-0.15, -0.1) is 0 Å². The summed E-state index contributed by atoms with van der Waals surface area (Å²) in [6.07, 6.45) is 0. The maximum absolute atomic E-state index is 13.3. The maximum Gasteiger partial charge on any atom is 0.283 e. The molecule has 0 unspecified atom stereocenters. The molecule has 0 bridgehead atoms. The highest BCUT2D eigenvalue weighted by atomic mass is 79.9. The largest absolute Gasteiger partial charge is 0.350 e. The second kappa shape index (κ2) is 8.86. The van der Waals surface area contributed by atoms with Gasteiger partial charge in [0.05, 0.1) is 5.69 Å². The molecule has 1 heterocycles. The van der Waals surface area contributed by atoms with Crippen LogP contribution in [0.1, 0.15) is 0 Å². The molecule has 8 heteroatoms. The van der Waals surface area contributed by atoms with Gasteiger partial charge in [-0.3, -0.25) is 9.59 Å². The predicted octanol–water partition coefficient (Wildman–Crippen LogP) is 6.75. The molecule has 30 heavy (non-hydrogen) atoms. The van der Waals surface area contributed by atoms with Crippen molar-refractivity contribution in [1.29, 1.82) is 0 Å². The first-order valence-corrected chi connectivity index (χ1v) is 11.1. The van der Waals surface area contributed by atoms with E-state index in [-0.39, 0.29) is 5.70 Å². The molecule has 2 amide bonds. The molecule has 0 atom stereocenters. The zero-order valence-corrected chi connectivity index (χ0v) is 19.1. The fraction of sp³-hybridized carbons (Fsp3) is 0. The number of nitrogens with one attached hydrogen (secondary N) is 1. The van der Waals surface area contributed by atoms with Gasteiger partial charge in [-0.1, -0.05) is 57.0 Å². The standard InChI is InChI=1S/C22H13BrCl2N2O2S/c23-13-4-8-16(9-5-13)26-19-20(30-18-10-6-14(24)7-11-18)22(29)27(21(19)28)17-3-1-2-15(25)12-17/h1-12,26H. The molecular weight excluding hydrogens is 507 g/mol. The third-order valence-electron chi connectivity index (χ3n) is 4.25. The first-order valence-electron chi connectivity index (χ1n) is 8.77. The van der Waals surface area contributed by atoms with Gasteiger partial charge in [0.2, 0.25) is 0 Å². The van der Waals surface area contributed by atoms with Crippen LogP contribution in [0.3, 0.4) is 0 Å². The molecule has 4 rings (SSSR count). The number of rotatable bonds is 5. The Morgan fingerprint density at radius 1 is 0.833 bits per heavy atom. The van der Waals surface area contributed by atoms with E-state index in [9.17, 15) is 9.59 Å². The van der Waals surface area contributed by atoms with Crippen LogP contribution in [-0.4, -0.2) is 11.8 Å². The molecule has 0 aromatic heterocycles. The molecule has 0 fully saturated rings. The summed E-state index contributed by atoms with van der Waals surface area (Å²) in [5.41, 5.74) is 1.32. The highest BCUT2D eigenvalue weighted by Crippen LogP contribution is 2.38. The van der Waals surface area contributed by atoms with Crippen LogP contribution in [0.5, 0.6) is 0 Å². The summed E-state index contributed by atoms with van der Waals surface area (Å²) in [6.45, 7) is 0. The fourth-order valence-electron chi connectivity index (χ4n) is 2.86. The van der Waals surface area contributed by atoms with E-state index in [2.05, 4.69) is 21.2 Å². The Kier molecular flexibility index (Phi) is 6.20. The number of hydrogen-bond donors (Lipinski definition) is 1. The molecule has 150 valence electrons. The van der Waals surface area contributed by atoms with Crippen molar-refractivity contribution < 1.29 is 9.59 Å². The van der Waals surface area contributed by atoms with Crippen LogP contribution in [0.15, 0.2) is 92.8 Å². The zero-order chi connectivity index (χ0) is 21.3. The van der Waals surface area contributed by atoms with Crippen molar-refractivity contribution in [2.75, 3.05) is 10.2 Å². The first-order chi connectivity index (χ1) is 14.4. The molecule has 0 saturated carbocycles. The van der Waals surface area contributed by atoms with Crippen LogP contribution in [-0.2, 0) is 9.59 Å². The van der Waals surface area contributed by atoms with Gasteiger partial charge in [0.25, 0.3) is 11.8 Å². The summed E-state index contributed by atoms with van der Waals surface area (Å²) >= 11 is 16.6. The lowest BCUT2D eigenvalue weighted by Gasteiger charge is -2.15. The molecule has 0 saturated heterocycles. The number of carbonyl (C=O) groups excluding carboxylic acids is 2. The van der Waals surface area contributed by atoms with E-state index in [0.717, 1.165) is 14.3 Å². The molecule has 3 aromatic rings. The number of benzene rings is 3. The van der Waals surface area contributed by atoms with Gasteiger partial charge in [0.1, 0.15) is 10.6 Å². The number of nitrogens with zero attached hydrogens (tertiary/aromatic N) is 1. The molecule has 1 aliphatic rings. The van der Waals surface area contributed by atoms with Crippen molar-refractivity contribution in [1.82, 2.24) is 0 Å². The van der Waals surface area contributed by atoms with E-state index in [1.807, 2.05) is 24.3 Å². The zero-order valence-electron chi connectivity index (χ0n) is 15.2. The Hall–Kier alpha value is -2.25. The van der Waals surface area contributed by atoms with E-state index in [0.29, 0.717) is 26.3 Å². The van der Waals surface area contributed by atoms with Crippen molar-refractivity contribution >= 4 is 74.1 Å². The lowest BCUT2D eigenvalue weighted by atomic mass is 10.3. The van der Waals surface area contributed by atoms with Gasteiger partial charge in [0, 0.05) is 25.1 Å². The highest BCUT2D eigenvalue weighted by Gasteiger charge is 2.40. The summed E-state index contributed by atoms with van der Waals surface area (Å²) in [5.74, 6) is -0.858. The van der Waals surface area contributed by atoms with Crippen LogP contribution in [0.4, 0.5) is 11.4 Å². The molecule has 1 N–H and O–H groups in total. The third kappa shape index (κ3) is 4.42. The van der Waals surface area contributed by atoms with Gasteiger partial charge < -0.3 is 5.32 Å². The van der Waals surface area contributed by atoms with E-state index < -0.39 is 11.8 Å². The number of imide groups is 1. The predicted molar refractivity (Wildman–Crippen MR) is 126 cm³/mol. The van der Waals surface area contributed by atoms with Crippen molar-refractivity contribution in [3.8, 4) is 0 Å². The summed E-state index contributed by atoms with van der Waals surface area (Å²) < 4.78 is 0.909. The lowest BCUT2D eigenvalue weighted by molar-refractivity contribution is -0.120. The Morgan fingerprint density at radius 3 is 2.20 bits per heavy atom. The molecular formula is C22H13BrCl2N2O2S. The van der Waals surface area contributed by atoms with Crippen molar-refractivity contribution in [2.24, 2.45) is 0 Å². The van der Waals surface area contributed by atoms with Crippen LogP contribution >= 0.6 is 50.9 Å². The second-order valence-electron chi connectivity index (χ2n) is 6.32. The van der Waals surface area contributed by atoms with Gasteiger partial charge in [-0.25, -0.2) is 4.90 Å². The normalized spacial score (nSPS) is 13.9. The van der Waals surface area contributed by atoms with Gasteiger partial charge >= 0.3 is 0 Å². The minimum Gasteiger partial charge on any atom is -0.350 e. The van der Waals surface area contributed by atoms with Crippen molar-refractivity contribution in [3.63, 3.8) is 0 Å². The second-order valence-corrected chi connectivity index (χ2v) is 9.19. The van der Waals surface area contributed by atoms with E-state index >= 15 is 0 Å². The summed E-state index contributed by atoms with van der Waals surface area (Å²) in [7, 11) is 0. The number of thioether (sulfide) groups is 1. The Bertz CT molecular complexity index is 1100. The van der Waals surface area contributed by atoms with E-state index in [4.69, 9.17) is 23.2 Å². The average Bonchev–Trinajstić information content (AvgIpc) is 2.95. The minimum atomic E-state index is -0.443. The maximum atomic E-state index is 13.3. The van der Waals surface area contributed by atoms with Gasteiger partial charge in [0.15, 0.2) is 0 Å². The average molecular weight is 520 g/mol. The number of amides is 2. The van der Waals surface area contributed by atoms with Crippen LogP contribution in [0.25, 0.3) is 0 Å². The molecule has 0 radical (unpaired) electrons.